The zero-order valence-corrected chi connectivity index (χ0v) is 13.1. The first kappa shape index (κ1) is 16.1. The first-order valence-electron chi connectivity index (χ1n) is 7.59. The average molecular weight is 300 g/mol. The molecule has 116 valence electrons. The van der Waals surface area contributed by atoms with Gasteiger partial charge in [0.25, 0.3) is 0 Å². The Kier molecular flexibility index (Phi) is 5.56. The molecule has 0 spiro atoms. The summed E-state index contributed by atoms with van der Waals surface area (Å²) in [4.78, 5) is 15.5. The number of ether oxygens (including phenoxy) is 1. The van der Waals surface area contributed by atoms with Crippen LogP contribution in [0.15, 0.2) is 29.8 Å². The van der Waals surface area contributed by atoms with Crippen LogP contribution in [0.5, 0.6) is 0 Å². The molecular formula is C17H22N3O2+. The van der Waals surface area contributed by atoms with Gasteiger partial charge in [0.15, 0.2) is 0 Å². The van der Waals surface area contributed by atoms with Crippen molar-refractivity contribution in [2.24, 2.45) is 0 Å². The molecule has 0 amide bonds. The number of nitriles is 1. The van der Waals surface area contributed by atoms with Crippen molar-refractivity contribution in [1.29, 1.82) is 5.26 Å². The number of hydrogen-bond donors (Lipinski definition) is 1. The van der Waals surface area contributed by atoms with Crippen molar-refractivity contribution in [3.05, 3.63) is 35.4 Å². The highest BCUT2D eigenvalue weighted by Crippen LogP contribution is 2.17. The maximum Gasteiger partial charge on any atom is 0.348 e. The first-order valence-corrected chi connectivity index (χ1v) is 7.59. The molecule has 5 nitrogen and oxygen atoms in total. The van der Waals surface area contributed by atoms with E-state index in [1.165, 1.54) is 5.69 Å². The third-order valence-electron chi connectivity index (χ3n) is 3.80. The highest BCUT2D eigenvalue weighted by atomic mass is 16.5. The van der Waals surface area contributed by atoms with Crippen molar-refractivity contribution in [3.63, 3.8) is 0 Å². The Hall–Kier alpha value is -2.32. The van der Waals surface area contributed by atoms with Crippen molar-refractivity contribution >= 4 is 17.7 Å². The predicted octanol–water partition coefficient (Wildman–Crippen LogP) is 0.491. The summed E-state index contributed by atoms with van der Waals surface area (Å²) in [5.74, 6) is -0.573. The zero-order chi connectivity index (χ0) is 15.9. The van der Waals surface area contributed by atoms with Gasteiger partial charge in [-0.1, -0.05) is 12.1 Å². The number of nitrogens with zero attached hydrogens (tertiary/aromatic N) is 2. The number of piperazine rings is 1. The molecule has 1 saturated heterocycles. The van der Waals surface area contributed by atoms with Gasteiger partial charge in [0.1, 0.15) is 11.6 Å². The minimum absolute atomic E-state index is 0.0257. The zero-order valence-electron chi connectivity index (χ0n) is 13.1. The molecular weight excluding hydrogens is 278 g/mol. The molecule has 1 heterocycles. The molecule has 5 heteroatoms. The molecule has 0 aromatic heterocycles. The number of nitrogens with one attached hydrogen (secondary N) is 1. The third-order valence-corrected chi connectivity index (χ3v) is 3.80. The van der Waals surface area contributed by atoms with E-state index in [1.54, 1.807) is 17.9 Å². The van der Waals surface area contributed by atoms with E-state index in [0.717, 1.165) is 31.7 Å². The van der Waals surface area contributed by atoms with E-state index in [-0.39, 0.29) is 12.2 Å². The third kappa shape index (κ3) is 4.09. The summed E-state index contributed by atoms with van der Waals surface area (Å²) in [7, 11) is 2.21. The second-order valence-corrected chi connectivity index (χ2v) is 5.43. The maximum absolute atomic E-state index is 11.6. The summed E-state index contributed by atoms with van der Waals surface area (Å²) in [5, 5.41) is 9.04. The van der Waals surface area contributed by atoms with Gasteiger partial charge in [-0.05, 0) is 30.7 Å². The lowest BCUT2D eigenvalue weighted by Crippen LogP contribution is -3.12. The first-order chi connectivity index (χ1) is 10.6. The van der Waals surface area contributed by atoms with E-state index in [4.69, 9.17) is 10.00 Å². The molecule has 1 aliphatic rings. The van der Waals surface area contributed by atoms with E-state index in [2.05, 4.69) is 11.9 Å². The van der Waals surface area contributed by atoms with Crippen molar-refractivity contribution < 1.29 is 14.4 Å². The molecule has 0 unspecified atom stereocenters. The van der Waals surface area contributed by atoms with Crippen LogP contribution in [0.3, 0.4) is 0 Å². The van der Waals surface area contributed by atoms with Crippen LogP contribution in [0, 0.1) is 11.3 Å². The van der Waals surface area contributed by atoms with Crippen molar-refractivity contribution in [1.82, 2.24) is 0 Å². The minimum Gasteiger partial charge on any atom is -0.462 e. The number of benzene rings is 1. The fourth-order valence-electron chi connectivity index (χ4n) is 2.44. The Morgan fingerprint density at radius 3 is 2.55 bits per heavy atom. The summed E-state index contributed by atoms with van der Waals surface area (Å²) < 4.78 is 4.86. The van der Waals surface area contributed by atoms with E-state index in [9.17, 15) is 4.79 Å². The standard InChI is InChI=1S/C17H21N3O2/c1-3-22-17(21)15(13-18)12-14-4-6-16(7-5-14)20-10-8-19(2)9-11-20/h4-7,12H,3,8-11H2,1-2H3/p+1. The number of rotatable bonds is 4. The Balaban J connectivity index is 2.08. The van der Waals surface area contributed by atoms with Crippen LogP contribution >= 0.6 is 0 Å². The summed E-state index contributed by atoms with van der Waals surface area (Å²) in [6, 6.07) is 9.82. The summed E-state index contributed by atoms with van der Waals surface area (Å²) in [6.07, 6.45) is 1.57. The molecule has 0 aliphatic carbocycles. The normalized spacial score (nSPS) is 16.2. The van der Waals surface area contributed by atoms with Gasteiger partial charge >= 0.3 is 5.97 Å². The Bertz CT molecular complexity index is 579. The fourth-order valence-corrected chi connectivity index (χ4v) is 2.44. The number of esters is 1. The Labute approximate surface area is 131 Å². The molecule has 1 fully saturated rings. The number of quaternary nitrogens is 1. The molecule has 1 aromatic carbocycles. The highest BCUT2D eigenvalue weighted by molar-refractivity contribution is 5.97. The van der Waals surface area contributed by atoms with Crippen molar-refractivity contribution in [2.45, 2.75) is 6.92 Å². The van der Waals surface area contributed by atoms with Crippen molar-refractivity contribution in [2.75, 3.05) is 44.7 Å². The van der Waals surface area contributed by atoms with Crippen LogP contribution in [0.1, 0.15) is 12.5 Å². The van der Waals surface area contributed by atoms with Crippen LogP contribution in [-0.2, 0) is 9.53 Å². The fraction of sp³-hybridized carbons (Fsp3) is 0.412. The van der Waals surface area contributed by atoms with Gasteiger partial charge in [0, 0.05) is 5.69 Å². The predicted molar refractivity (Wildman–Crippen MR) is 85.5 cm³/mol. The molecule has 1 N–H and O–H groups in total. The molecule has 0 radical (unpaired) electrons. The van der Waals surface area contributed by atoms with E-state index in [1.807, 2.05) is 30.3 Å². The van der Waals surface area contributed by atoms with Gasteiger partial charge in [-0.25, -0.2) is 4.79 Å². The van der Waals surface area contributed by atoms with Gasteiger partial charge in [-0.2, -0.15) is 5.26 Å². The molecule has 0 saturated carbocycles. The van der Waals surface area contributed by atoms with E-state index >= 15 is 0 Å². The number of anilines is 1. The van der Waals surface area contributed by atoms with Gasteiger partial charge < -0.3 is 14.5 Å². The Morgan fingerprint density at radius 2 is 2.00 bits per heavy atom. The van der Waals surface area contributed by atoms with Gasteiger partial charge in [0.05, 0.1) is 39.8 Å². The minimum atomic E-state index is -0.573. The second-order valence-electron chi connectivity index (χ2n) is 5.43. The van der Waals surface area contributed by atoms with Crippen LogP contribution in [0.2, 0.25) is 0 Å². The SMILES string of the molecule is CCOC(=O)C(C#N)=Cc1ccc(N2CC[NH+](C)CC2)cc1. The van der Waals surface area contributed by atoms with E-state index in [0.29, 0.717) is 0 Å². The van der Waals surface area contributed by atoms with Crippen LogP contribution in [0.25, 0.3) is 6.08 Å². The summed E-state index contributed by atoms with van der Waals surface area (Å²) in [5.41, 5.74) is 2.03. The number of hydrogen-bond acceptors (Lipinski definition) is 4. The lowest BCUT2D eigenvalue weighted by molar-refractivity contribution is -0.880. The largest absolute Gasteiger partial charge is 0.462 e. The van der Waals surface area contributed by atoms with Gasteiger partial charge in [-0.15, -0.1) is 0 Å². The monoisotopic (exact) mass is 300 g/mol. The lowest BCUT2D eigenvalue weighted by Gasteiger charge is -2.31. The van der Waals surface area contributed by atoms with Crippen LogP contribution < -0.4 is 9.80 Å². The molecule has 1 aliphatic heterocycles. The average Bonchev–Trinajstić information content (AvgIpc) is 2.54. The topological polar surface area (TPSA) is 57.8 Å². The van der Waals surface area contributed by atoms with Crippen molar-refractivity contribution in [3.8, 4) is 6.07 Å². The Morgan fingerprint density at radius 1 is 1.36 bits per heavy atom. The number of likely N-dealkylation sites (N-methyl/N-ethyl adjacent to an activating group) is 1. The number of carbonyl (C=O) groups excluding carboxylic acids is 1. The highest BCUT2D eigenvalue weighted by Gasteiger charge is 2.16. The van der Waals surface area contributed by atoms with Gasteiger partial charge in [-0.3, -0.25) is 0 Å². The molecule has 1 aromatic rings. The van der Waals surface area contributed by atoms with E-state index < -0.39 is 5.97 Å². The second kappa shape index (κ2) is 7.62. The molecule has 2 rings (SSSR count). The molecule has 0 bridgehead atoms. The van der Waals surface area contributed by atoms with Crippen LogP contribution in [0.4, 0.5) is 5.69 Å². The lowest BCUT2D eigenvalue weighted by atomic mass is 10.1. The quantitative estimate of drug-likeness (QED) is 0.499. The molecule has 22 heavy (non-hydrogen) atoms. The number of carbonyl (C=O) groups is 1. The summed E-state index contributed by atoms with van der Waals surface area (Å²) in [6.45, 7) is 6.37. The van der Waals surface area contributed by atoms with Crippen LogP contribution in [-0.4, -0.2) is 45.8 Å². The summed E-state index contributed by atoms with van der Waals surface area (Å²) >= 11 is 0. The van der Waals surface area contributed by atoms with Gasteiger partial charge in [0.2, 0.25) is 0 Å². The smallest absolute Gasteiger partial charge is 0.348 e. The molecule has 0 atom stereocenters. The maximum atomic E-state index is 11.6.